The fourth-order valence-corrected chi connectivity index (χ4v) is 3.25. The van der Waals surface area contributed by atoms with Crippen LogP contribution >= 0.6 is 15.9 Å². The van der Waals surface area contributed by atoms with Crippen molar-refractivity contribution in [1.29, 1.82) is 0 Å². The smallest absolute Gasteiger partial charge is 0.241 e. The molecule has 0 aromatic heterocycles. The van der Waals surface area contributed by atoms with Crippen LogP contribution in [0.3, 0.4) is 0 Å². The van der Waals surface area contributed by atoms with Crippen LogP contribution in [0, 0.1) is 0 Å². The minimum absolute atomic E-state index is 0.162. The highest BCUT2D eigenvalue weighted by atomic mass is 79.9. The molecule has 0 saturated carbocycles. The van der Waals surface area contributed by atoms with E-state index in [4.69, 9.17) is 0 Å². The molecule has 0 aliphatic heterocycles. The van der Waals surface area contributed by atoms with Crippen molar-refractivity contribution in [3.8, 4) is 0 Å². The average Bonchev–Trinajstić information content (AvgIpc) is 2.46. The van der Waals surface area contributed by atoms with E-state index >= 15 is 0 Å². The van der Waals surface area contributed by atoms with Gasteiger partial charge in [-0.2, -0.15) is 0 Å². The van der Waals surface area contributed by atoms with Crippen molar-refractivity contribution in [2.75, 3.05) is 6.61 Å². The maximum absolute atomic E-state index is 12.2. The number of nitrogens with one attached hydrogen (secondary N) is 1. The Balaban J connectivity index is 2.24. The molecular weight excluding hydrogens is 342 g/mol. The normalized spacial score (nSPS) is 13.1. The maximum atomic E-state index is 12.2. The minimum Gasteiger partial charge on any atom is -0.394 e. The molecule has 0 radical (unpaired) electrons. The molecule has 0 saturated heterocycles. The third kappa shape index (κ3) is 3.67. The Bertz CT molecular complexity index is 657. The molecule has 0 aliphatic rings. The topological polar surface area (TPSA) is 66.4 Å². The lowest BCUT2D eigenvalue weighted by Crippen LogP contribution is -2.30. The van der Waals surface area contributed by atoms with Gasteiger partial charge in [0, 0.05) is 4.47 Å². The zero-order valence-electron chi connectivity index (χ0n) is 10.5. The second-order valence-electron chi connectivity index (χ2n) is 4.22. The summed E-state index contributed by atoms with van der Waals surface area (Å²) in [5.41, 5.74) is 0.718. The third-order valence-electron chi connectivity index (χ3n) is 2.81. The molecule has 0 amide bonds. The van der Waals surface area contributed by atoms with Gasteiger partial charge < -0.3 is 5.11 Å². The first-order valence-corrected chi connectivity index (χ1v) is 8.24. The van der Waals surface area contributed by atoms with Crippen LogP contribution in [0.15, 0.2) is 64.0 Å². The van der Waals surface area contributed by atoms with Crippen molar-refractivity contribution in [2.24, 2.45) is 0 Å². The van der Waals surface area contributed by atoms with Crippen LogP contribution in [0.5, 0.6) is 0 Å². The van der Waals surface area contributed by atoms with Crippen molar-refractivity contribution in [3.05, 3.63) is 64.6 Å². The maximum Gasteiger partial charge on any atom is 0.241 e. The Kier molecular flexibility index (Phi) is 4.93. The molecule has 0 unspecified atom stereocenters. The quantitative estimate of drug-likeness (QED) is 0.865. The summed E-state index contributed by atoms with van der Waals surface area (Å²) >= 11 is 3.26. The molecule has 0 fully saturated rings. The molecule has 0 spiro atoms. The highest BCUT2D eigenvalue weighted by molar-refractivity contribution is 9.10. The lowest BCUT2D eigenvalue weighted by Gasteiger charge is -2.16. The Morgan fingerprint density at radius 1 is 1.05 bits per heavy atom. The van der Waals surface area contributed by atoms with E-state index in [0.29, 0.717) is 0 Å². The first-order valence-electron chi connectivity index (χ1n) is 5.96. The lowest BCUT2D eigenvalue weighted by molar-refractivity contribution is 0.259. The Morgan fingerprint density at radius 2 is 1.65 bits per heavy atom. The summed E-state index contributed by atoms with van der Waals surface area (Å²) in [7, 11) is -3.67. The predicted molar refractivity (Wildman–Crippen MR) is 80.7 cm³/mol. The van der Waals surface area contributed by atoms with E-state index in [-0.39, 0.29) is 11.5 Å². The van der Waals surface area contributed by atoms with Crippen LogP contribution in [0.4, 0.5) is 0 Å². The van der Waals surface area contributed by atoms with E-state index in [9.17, 15) is 13.5 Å². The van der Waals surface area contributed by atoms with Crippen LogP contribution in [0.25, 0.3) is 0 Å². The van der Waals surface area contributed by atoms with Crippen LogP contribution in [0.1, 0.15) is 11.6 Å². The van der Waals surface area contributed by atoms with Crippen LogP contribution < -0.4 is 4.72 Å². The molecule has 0 heterocycles. The van der Waals surface area contributed by atoms with Crippen molar-refractivity contribution in [3.63, 3.8) is 0 Å². The van der Waals surface area contributed by atoms with E-state index in [1.165, 1.54) is 12.1 Å². The predicted octanol–water partition coefficient (Wildman–Crippen LogP) is 2.46. The van der Waals surface area contributed by atoms with Gasteiger partial charge in [0.05, 0.1) is 17.5 Å². The van der Waals surface area contributed by atoms with Crippen LogP contribution in [-0.2, 0) is 10.0 Å². The number of aliphatic hydroxyl groups is 1. The van der Waals surface area contributed by atoms with Gasteiger partial charge in [-0.05, 0) is 29.8 Å². The molecule has 6 heteroatoms. The summed E-state index contributed by atoms with van der Waals surface area (Å²) in [6.07, 6.45) is 0. The van der Waals surface area contributed by atoms with Crippen molar-refractivity contribution >= 4 is 26.0 Å². The standard InChI is InChI=1S/C14H14BrNO3S/c15-12-6-8-13(9-7-12)20(18,19)16-14(10-17)11-4-2-1-3-5-11/h1-9,14,16-17H,10H2/t14-/m0/s1. The minimum atomic E-state index is -3.67. The summed E-state index contributed by atoms with van der Waals surface area (Å²) in [5.74, 6) is 0. The van der Waals surface area contributed by atoms with Gasteiger partial charge >= 0.3 is 0 Å². The lowest BCUT2D eigenvalue weighted by atomic mass is 10.1. The zero-order valence-corrected chi connectivity index (χ0v) is 12.9. The van der Waals surface area contributed by atoms with Gasteiger partial charge in [-0.15, -0.1) is 0 Å². The molecule has 1 atom stereocenters. The summed E-state index contributed by atoms with van der Waals surface area (Å²) < 4.78 is 27.8. The van der Waals surface area contributed by atoms with Gasteiger partial charge in [-0.25, -0.2) is 13.1 Å². The van der Waals surface area contributed by atoms with Crippen molar-refractivity contribution in [1.82, 2.24) is 4.72 Å². The molecule has 4 nitrogen and oxygen atoms in total. The van der Waals surface area contributed by atoms with Gasteiger partial charge in [-0.1, -0.05) is 46.3 Å². The molecule has 0 aliphatic carbocycles. The summed E-state index contributed by atoms with van der Waals surface area (Å²) in [6.45, 7) is -0.306. The highest BCUT2D eigenvalue weighted by Crippen LogP contribution is 2.18. The van der Waals surface area contributed by atoms with Crippen molar-refractivity contribution < 1.29 is 13.5 Å². The SMILES string of the molecule is O=S(=O)(N[C@@H](CO)c1ccccc1)c1ccc(Br)cc1. The Hall–Kier alpha value is -1.21. The monoisotopic (exact) mass is 355 g/mol. The number of hydrogen-bond acceptors (Lipinski definition) is 3. The first-order chi connectivity index (χ1) is 9.53. The third-order valence-corrected chi connectivity index (χ3v) is 4.82. The largest absolute Gasteiger partial charge is 0.394 e. The average molecular weight is 356 g/mol. The summed E-state index contributed by atoms with van der Waals surface area (Å²) in [5, 5.41) is 9.40. The molecule has 2 aromatic rings. The number of rotatable bonds is 5. The summed E-state index contributed by atoms with van der Waals surface area (Å²) in [4.78, 5) is 0.162. The number of hydrogen-bond donors (Lipinski definition) is 2. The molecular formula is C14H14BrNO3S. The first kappa shape index (κ1) is 15.2. The number of aliphatic hydroxyl groups excluding tert-OH is 1. The molecule has 2 N–H and O–H groups in total. The summed E-state index contributed by atoms with van der Waals surface area (Å²) in [6, 6.07) is 14.6. The van der Waals surface area contributed by atoms with Crippen LogP contribution in [-0.4, -0.2) is 20.1 Å². The van der Waals surface area contributed by atoms with Gasteiger partial charge in [0.15, 0.2) is 0 Å². The number of benzene rings is 2. The van der Waals surface area contributed by atoms with E-state index in [1.54, 1.807) is 36.4 Å². The van der Waals surface area contributed by atoms with E-state index in [1.807, 2.05) is 6.07 Å². The van der Waals surface area contributed by atoms with Gasteiger partial charge in [0.2, 0.25) is 10.0 Å². The molecule has 106 valence electrons. The van der Waals surface area contributed by atoms with Gasteiger partial charge in [0.25, 0.3) is 0 Å². The molecule has 2 rings (SSSR count). The Labute approximate surface area is 126 Å². The van der Waals surface area contributed by atoms with E-state index in [0.717, 1.165) is 10.0 Å². The fraction of sp³-hybridized carbons (Fsp3) is 0.143. The highest BCUT2D eigenvalue weighted by Gasteiger charge is 2.20. The number of sulfonamides is 1. The van der Waals surface area contributed by atoms with E-state index in [2.05, 4.69) is 20.7 Å². The number of halogens is 1. The van der Waals surface area contributed by atoms with E-state index < -0.39 is 16.1 Å². The Morgan fingerprint density at radius 3 is 2.20 bits per heavy atom. The molecule has 20 heavy (non-hydrogen) atoms. The van der Waals surface area contributed by atoms with Gasteiger partial charge in [0.1, 0.15) is 0 Å². The zero-order chi connectivity index (χ0) is 14.6. The van der Waals surface area contributed by atoms with Crippen LogP contribution in [0.2, 0.25) is 0 Å². The second-order valence-corrected chi connectivity index (χ2v) is 6.85. The van der Waals surface area contributed by atoms with Crippen molar-refractivity contribution in [2.45, 2.75) is 10.9 Å². The van der Waals surface area contributed by atoms with Gasteiger partial charge in [-0.3, -0.25) is 0 Å². The molecule has 2 aromatic carbocycles. The fourth-order valence-electron chi connectivity index (χ4n) is 1.77. The molecule has 0 bridgehead atoms. The second kappa shape index (κ2) is 6.49.